The first-order valence-electron chi connectivity index (χ1n) is 6.72. The lowest BCUT2D eigenvalue weighted by Gasteiger charge is -2.28. The average Bonchev–Trinajstić information content (AvgIpc) is 2.34. The summed E-state index contributed by atoms with van der Waals surface area (Å²) in [6.07, 6.45) is 4.23. The van der Waals surface area contributed by atoms with Gasteiger partial charge in [0.1, 0.15) is 0 Å². The minimum atomic E-state index is -0.246. The highest BCUT2D eigenvalue weighted by molar-refractivity contribution is 5.09. The van der Waals surface area contributed by atoms with Crippen LogP contribution in [-0.4, -0.2) is 34.2 Å². The zero-order valence-electron chi connectivity index (χ0n) is 12.1. The molecule has 1 N–H and O–H groups in total. The molecule has 1 atom stereocenters. The predicted octanol–water partition coefficient (Wildman–Crippen LogP) is 2.70. The molecule has 0 saturated heterocycles. The molecule has 0 aromatic carbocycles. The standard InChI is InChI=1S/C15H26N2O/c1-5-17(11-8-14(18)15(2,3)4)12-13-6-9-16-10-7-13/h6-7,9-10,14,18H,5,8,11-12H2,1-4H3. The van der Waals surface area contributed by atoms with Crippen molar-refractivity contribution in [2.45, 2.75) is 46.8 Å². The zero-order chi connectivity index (χ0) is 13.6. The smallest absolute Gasteiger partial charge is 0.0600 e. The van der Waals surface area contributed by atoms with Crippen LogP contribution in [-0.2, 0) is 6.54 Å². The first kappa shape index (κ1) is 15.1. The van der Waals surface area contributed by atoms with Crippen molar-refractivity contribution in [1.29, 1.82) is 0 Å². The fourth-order valence-corrected chi connectivity index (χ4v) is 1.83. The third-order valence-electron chi connectivity index (χ3n) is 3.32. The molecule has 1 aromatic heterocycles. The summed E-state index contributed by atoms with van der Waals surface area (Å²) in [5.74, 6) is 0. The maximum atomic E-state index is 10.1. The summed E-state index contributed by atoms with van der Waals surface area (Å²) >= 11 is 0. The second kappa shape index (κ2) is 6.86. The summed E-state index contributed by atoms with van der Waals surface area (Å²) < 4.78 is 0. The molecule has 0 aliphatic heterocycles. The van der Waals surface area contributed by atoms with Gasteiger partial charge in [0.25, 0.3) is 0 Å². The van der Waals surface area contributed by atoms with Crippen LogP contribution in [0, 0.1) is 5.41 Å². The summed E-state index contributed by atoms with van der Waals surface area (Å²) in [7, 11) is 0. The Hall–Kier alpha value is -0.930. The van der Waals surface area contributed by atoms with Gasteiger partial charge in [-0.3, -0.25) is 9.88 Å². The van der Waals surface area contributed by atoms with Crippen molar-refractivity contribution in [3.63, 3.8) is 0 Å². The highest BCUT2D eigenvalue weighted by Crippen LogP contribution is 2.21. The molecule has 102 valence electrons. The number of hydrogen-bond donors (Lipinski definition) is 1. The maximum Gasteiger partial charge on any atom is 0.0600 e. The number of aliphatic hydroxyl groups excluding tert-OH is 1. The maximum absolute atomic E-state index is 10.1. The van der Waals surface area contributed by atoms with Crippen molar-refractivity contribution in [3.05, 3.63) is 30.1 Å². The first-order valence-corrected chi connectivity index (χ1v) is 6.72. The average molecular weight is 250 g/mol. The second-order valence-corrected chi connectivity index (χ2v) is 5.89. The zero-order valence-corrected chi connectivity index (χ0v) is 12.1. The van der Waals surface area contributed by atoms with Crippen molar-refractivity contribution < 1.29 is 5.11 Å². The van der Waals surface area contributed by atoms with E-state index < -0.39 is 0 Å². The lowest BCUT2D eigenvalue weighted by Crippen LogP contribution is -2.32. The molecule has 0 aliphatic carbocycles. The lowest BCUT2D eigenvalue weighted by atomic mass is 9.87. The van der Waals surface area contributed by atoms with Crippen molar-refractivity contribution in [3.8, 4) is 0 Å². The first-order chi connectivity index (χ1) is 8.43. The SMILES string of the molecule is CCN(CCC(O)C(C)(C)C)Cc1ccncc1. The van der Waals surface area contributed by atoms with E-state index in [1.54, 1.807) is 0 Å². The normalized spacial score (nSPS) is 13.9. The molecule has 1 aromatic rings. The number of hydrogen-bond acceptors (Lipinski definition) is 3. The monoisotopic (exact) mass is 250 g/mol. The molecule has 0 radical (unpaired) electrons. The Morgan fingerprint density at radius 1 is 1.28 bits per heavy atom. The van der Waals surface area contributed by atoms with Crippen LogP contribution in [0.2, 0.25) is 0 Å². The van der Waals surface area contributed by atoms with Gasteiger partial charge in [-0.1, -0.05) is 27.7 Å². The summed E-state index contributed by atoms with van der Waals surface area (Å²) in [6, 6.07) is 4.09. The van der Waals surface area contributed by atoms with Crippen LogP contribution in [0.4, 0.5) is 0 Å². The largest absolute Gasteiger partial charge is 0.393 e. The number of aliphatic hydroxyl groups is 1. The Morgan fingerprint density at radius 3 is 2.39 bits per heavy atom. The van der Waals surface area contributed by atoms with Gasteiger partial charge in [0.05, 0.1) is 6.10 Å². The number of aromatic nitrogens is 1. The molecular formula is C15H26N2O. The van der Waals surface area contributed by atoms with E-state index in [4.69, 9.17) is 0 Å². The topological polar surface area (TPSA) is 36.4 Å². The molecule has 0 bridgehead atoms. The quantitative estimate of drug-likeness (QED) is 0.843. The summed E-state index contributed by atoms with van der Waals surface area (Å²) in [6.45, 7) is 11.3. The summed E-state index contributed by atoms with van der Waals surface area (Å²) in [5.41, 5.74) is 1.24. The van der Waals surface area contributed by atoms with Crippen LogP contribution in [0.1, 0.15) is 39.7 Å². The minimum Gasteiger partial charge on any atom is -0.393 e. The fourth-order valence-electron chi connectivity index (χ4n) is 1.83. The molecule has 0 aliphatic rings. The molecular weight excluding hydrogens is 224 g/mol. The van der Waals surface area contributed by atoms with Crippen LogP contribution in [0.25, 0.3) is 0 Å². The van der Waals surface area contributed by atoms with Gasteiger partial charge in [-0.15, -0.1) is 0 Å². The highest BCUT2D eigenvalue weighted by Gasteiger charge is 2.22. The Bertz CT molecular complexity index is 332. The third-order valence-corrected chi connectivity index (χ3v) is 3.32. The van der Waals surface area contributed by atoms with Gasteiger partial charge < -0.3 is 5.11 Å². The van der Waals surface area contributed by atoms with Crippen molar-refractivity contribution in [2.24, 2.45) is 5.41 Å². The number of pyridine rings is 1. The Kier molecular flexibility index (Phi) is 5.76. The van der Waals surface area contributed by atoms with E-state index in [2.05, 4.69) is 37.6 Å². The molecule has 1 heterocycles. The number of nitrogens with zero attached hydrogens (tertiary/aromatic N) is 2. The highest BCUT2D eigenvalue weighted by atomic mass is 16.3. The van der Waals surface area contributed by atoms with Gasteiger partial charge in [0.2, 0.25) is 0 Å². The molecule has 0 spiro atoms. The van der Waals surface area contributed by atoms with Gasteiger partial charge in [-0.25, -0.2) is 0 Å². The van der Waals surface area contributed by atoms with Gasteiger partial charge in [0.15, 0.2) is 0 Å². The van der Waals surface area contributed by atoms with E-state index in [1.807, 2.05) is 24.5 Å². The van der Waals surface area contributed by atoms with E-state index in [0.29, 0.717) is 0 Å². The molecule has 1 rings (SSSR count). The van der Waals surface area contributed by atoms with Gasteiger partial charge >= 0.3 is 0 Å². The van der Waals surface area contributed by atoms with E-state index in [1.165, 1.54) is 5.56 Å². The lowest BCUT2D eigenvalue weighted by molar-refractivity contribution is 0.0453. The van der Waals surface area contributed by atoms with Crippen LogP contribution in [0.5, 0.6) is 0 Å². The molecule has 0 amide bonds. The molecule has 18 heavy (non-hydrogen) atoms. The third kappa shape index (κ3) is 5.15. The molecule has 0 saturated carbocycles. The van der Waals surface area contributed by atoms with E-state index >= 15 is 0 Å². The van der Waals surface area contributed by atoms with Crippen LogP contribution in [0.3, 0.4) is 0 Å². The summed E-state index contributed by atoms with van der Waals surface area (Å²) in [4.78, 5) is 6.38. The molecule has 0 fully saturated rings. The Balaban J connectivity index is 2.43. The molecule has 1 unspecified atom stereocenters. The van der Waals surface area contributed by atoms with Gasteiger partial charge in [-0.05, 0) is 36.1 Å². The summed E-state index contributed by atoms with van der Waals surface area (Å²) in [5, 5.41) is 10.1. The van der Waals surface area contributed by atoms with Gasteiger partial charge in [0, 0.05) is 25.5 Å². The van der Waals surface area contributed by atoms with E-state index in [-0.39, 0.29) is 11.5 Å². The van der Waals surface area contributed by atoms with Crippen LogP contribution < -0.4 is 0 Å². The van der Waals surface area contributed by atoms with Crippen molar-refractivity contribution >= 4 is 0 Å². The number of rotatable bonds is 6. The van der Waals surface area contributed by atoms with Crippen LogP contribution in [0.15, 0.2) is 24.5 Å². The van der Waals surface area contributed by atoms with E-state index in [0.717, 1.165) is 26.1 Å². The molecule has 3 heteroatoms. The second-order valence-electron chi connectivity index (χ2n) is 5.89. The Morgan fingerprint density at radius 2 is 1.89 bits per heavy atom. The van der Waals surface area contributed by atoms with Gasteiger partial charge in [-0.2, -0.15) is 0 Å². The van der Waals surface area contributed by atoms with Crippen molar-refractivity contribution in [1.82, 2.24) is 9.88 Å². The predicted molar refractivity (Wildman–Crippen MR) is 75.3 cm³/mol. The Labute approximate surface area is 111 Å². The van der Waals surface area contributed by atoms with Crippen LogP contribution >= 0.6 is 0 Å². The molecule has 3 nitrogen and oxygen atoms in total. The van der Waals surface area contributed by atoms with Crippen molar-refractivity contribution in [2.75, 3.05) is 13.1 Å². The minimum absolute atomic E-state index is 0.0317. The van der Waals surface area contributed by atoms with E-state index in [9.17, 15) is 5.11 Å². The fraction of sp³-hybridized carbons (Fsp3) is 0.667.